The van der Waals surface area contributed by atoms with Crippen LogP contribution >= 0.6 is 0 Å². The monoisotopic (exact) mass is 479 g/mol. The number of aliphatic hydroxyl groups is 1. The number of allylic oxidation sites excluding steroid dienone is 2. The van der Waals surface area contributed by atoms with Crippen LogP contribution in [0.5, 0.6) is 0 Å². The molecule has 0 aromatic carbocycles. The molecule has 9 heteroatoms. The second-order valence-electron chi connectivity index (χ2n) is 8.26. The summed E-state index contributed by atoms with van der Waals surface area (Å²) in [6.45, 7) is 5.86. The van der Waals surface area contributed by atoms with Crippen molar-refractivity contribution < 1.29 is 22.6 Å². The van der Waals surface area contributed by atoms with Gasteiger partial charge in [0.05, 0.1) is 6.54 Å². The molecule has 1 heterocycles. The van der Waals surface area contributed by atoms with E-state index in [4.69, 9.17) is 17.5 Å². The van der Waals surface area contributed by atoms with Crippen LogP contribution in [0, 0.1) is 0 Å². The summed E-state index contributed by atoms with van der Waals surface area (Å²) in [5.74, 6) is 1.12. The first-order valence-corrected chi connectivity index (χ1v) is 13.5. The van der Waals surface area contributed by atoms with E-state index in [9.17, 15) is 5.11 Å². The van der Waals surface area contributed by atoms with Gasteiger partial charge in [0.2, 0.25) is 0 Å². The summed E-state index contributed by atoms with van der Waals surface area (Å²) in [5, 5.41) is 9.70. The van der Waals surface area contributed by atoms with Gasteiger partial charge in [0, 0.05) is 13.0 Å². The lowest BCUT2D eigenvalue weighted by atomic mass is 10.1. The summed E-state index contributed by atoms with van der Waals surface area (Å²) in [6.07, 6.45) is 24.3. The van der Waals surface area contributed by atoms with E-state index >= 15 is 0 Å². The van der Waals surface area contributed by atoms with Crippen LogP contribution in [0.2, 0.25) is 0 Å². The highest BCUT2D eigenvalue weighted by Gasteiger charge is 2.19. The van der Waals surface area contributed by atoms with E-state index in [2.05, 4.69) is 24.1 Å². The zero-order valence-corrected chi connectivity index (χ0v) is 21.2. The maximum atomic E-state index is 9.70. The molecule has 0 saturated carbocycles. The molecule has 0 aliphatic carbocycles. The molecule has 1 rings (SSSR count). The average Bonchev–Trinajstić information content (AvgIpc) is 3.15. The third kappa shape index (κ3) is 23.7. The minimum atomic E-state index is -4.67. The van der Waals surface area contributed by atoms with E-state index in [0.717, 1.165) is 25.3 Å². The van der Waals surface area contributed by atoms with Crippen molar-refractivity contribution in [2.75, 3.05) is 13.1 Å². The molecule has 1 aliphatic rings. The normalized spacial score (nSPS) is 14.7. The molecule has 0 aromatic heterocycles. The molecule has 0 radical (unpaired) electrons. The Bertz CT molecular complexity index is 572. The van der Waals surface area contributed by atoms with E-state index in [1.807, 2.05) is 11.8 Å². The van der Waals surface area contributed by atoms with Crippen molar-refractivity contribution in [1.82, 2.24) is 11.1 Å². The first-order chi connectivity index (χ1) is 14.8. The Morgan fingerprint density at radius 1 is 0.906 bits per heavy atom. The van der Waals surface area contributed by atoms with Gasteiger partial charge in [-0.3, -0.25) is 14.1 Å². The summed E-state index contributed by atoms with van der Waals surface area (Å²) in [4.78, 5) is 6.56. The van der Waals surface area contributed by atoms with Gasteiger partial charge in [-0.25, -0.2) is 0 Å². The highest BCUT2D eigenvalue weighted by atomic mass is 32.3. The smallest absolute Gasteiger partial charge is 0.374 e. The van der Waals surface area contributed by atoms with Crippen molar-refractivity contribution in [3.05, 3.63) is 12.2 Å². The number of hydrogen-bond donors (Lipinski definition) is 4. The zero-order valence-electron chi connectivity index (χ0n) is 20.4. The summed E-state index contributed by atoms with van der Waals surface area (Å²) >= 11 is 0. The second-order valence-corrected chi connectivity index (χ2v) is 9.15. The Balaban J connectivity index is 0. The van der Waals surface area contributed by atoms with Crippen LogP contribution in [0.15, 0.2) is 17.1 Å². The van der Waals surface area contributed by atoms with Crippen molar-refractivity contribution >= 4 is 16.2 Å². The van der Waals surface area contributed by atoms with Crippen molar-refractivity contribution in [2.45, 2.75) is 116 Å². The molecule has 0 aromatic rings. The van der Waals surface area contributed by atoms with E-state index in [1.165, 1.54) is 89.9 Å². The number of rotatable bonds is 17. The molecule has 6 N–H and O–H groups in total. The number of aliphatic imine (C=N–C) groups is 1. The Kier molecular flexibility index (Phi) is 22.6. The van der Waals surface area contributed by atoms with Crippen molar-refractivity contribution in [1.29, 1.82) is 0 Å². The first-order valence-electron chi connectivity index (χ1n) is 12.1. The number of hydrogen-bond acceptors (Lipinski definition) is 6. The number of amidine groups is 1. The van der Waals surface area contributed by atoms with Crippen molar-refractivity contribution in [2.24, 2.45) is 4.99 Å². The van der Waals surface area contributed by atoms with Gasteiger partial charge < -0.3 is 16.2 Å². The van der Waals surface area contributed by atoms with Crippen LogP contribution in [-0.2, 0) is 10.4 Å². The lowest BCUT2D eigenvalue weighted by Crippen LogP contribution is -2.35. The fourth-order valence-electron chi connectivity index (χ4n) is 3.66. The van der Waals surface area contributed by atoms with E-state index in [0.29, 0.717) is 0 Å². The summed E-state index contributed by atoms with van der Waals surface area (Å²) < 4.78 is 31.6. The lowest BCUT2D eigenvalue weighted by molar-refractivity contribution is 0.0766. The Labute approximate surface area is 196 Å². The van der Waals surface area contributed by atoms with Gasteiger partial charge in [0.15, 0.2) is 0 Å². The van der Waals surface area contributed by atoms with Crippen LogP contribution in [0.4, 0.5) is 0 Å². The predicted octanol–water partition coefficient (Wildman–Crippen LogP) is 5.98. The molecular formula is C23H49N3O5S. The van der Waals surface area contributed by atoms with E-state index in [-0.39, 0.29) is 12.4 Å². The molecule has 0 amide bonds. The van der Waals surface area contributed by atoms with Crippen LogP contribution in [0.1, 0.15) is 110 Å². The fraction of sp³-hybridized carbons (Fsp3) is 0.870. The SMILES string of the molecule is CCCCCCCC/C=C\CCCCCCCCC1=NCCN1C(C)O.N.O=S(=O)(O)O. The Hall–Kier alpha value is -1.00. The van der Waals surface area contributed by atoms with Crippen molar-refractivity contribution in [3.63, 3.8) is 0 Å². The molecule has 1 unspecified atom stereocenters. The third-order valence-corrected chi connectivity index (χ3v) is 5.33. The van der Waals surface area contributed by atoms with Gasteiger partial charge in [-0.2, -0.15) is 8.42 Å². The third-order valence-electron chi connectivity index (χ3n) is 5.33. The zero-order chi connectivity index (χ0) is 23.4. The van der Waals surface area contributed by atoms with Crippen LogP contribution in [-0.4, -0.2) is 52.7 Å². The molecular weight excluding hydrogens is 430 g/mol. The molecule has 0 saturated heterocycles. The van der Waals surface area contributed by atoms with E-state index in [1.54, 1.807) is 0 Å². The van der Waals surface area contributed by atoms with Gasteiger partial charge in [0.25, 0.3) is 0 Å². The minimum Gasteiger partial charge on any atom is -0.374 e. The maximum Gasteiger partial charge on any atom is 0.394 e. The van der Waals surface area contributed by atoms with Gasteiger partial charge in [0.1, 0.15) is 12.1 Å². The molecule has 1 atom stereocenters. The molecule has 32 heavy (non-hydrogen) atoms. The van der Waals surface area contributed by atoms with Gasteiger partial charge in [-0.15, -0.1) is 0 Å². The molecule has 0 fully saturated rings. The number of nitrogens with zero attached hydrogens (tertiary/aromatic N) is 2. The van der Waals surface area contributed by atoms with Crippen molar-refractivity contribution in [3.8, 4) is 0 Å². The summed E-state index contributed by atoms with van der Waals surface area (Å²) in [6, 6.07) is 0. The minimum absolute atomic E-state index is 0. The van der Waals surface area contributed by atoms with Crippen LogP contribution in [0.3, 0.4) is 0 Å². The van der Waals surface area contributed by atoms with Gasteiger partial charge in [-0.05, 0) is 39.0 Å². The second kappa shape index (κ2) is 21.8. The highest BCUT2D eigenvalue weighted by molar-refractivity contribution is 7.79. The van der Waals surface area contributed by atoms with Gasteiger partial charge >= 0.3 is 10.4 Å². The summed E-state index contributed by atoms with van der Waals surface area (Å²) in [7, 11) is -4.67. The summed E-state index contributed by atoms with van der Waals surface area (Å²) in [5.41, 5.74) is 0. The highest BCUT2D eigenvalue weighted by Crippen LogP contribution is 2.14. The standard InChI is InChI=1S/C23H44N2O.H3N.H2O4S/c1-3-4-5-6-7-8-9-10-11-12-13-14-15-16-17-18-19-23-24-20-21-25(23)22(2)26;;1-5(2,3)4/h10-11,22,26H,3-9,12-21H2,1-2H3;1H3;(H2,1,2,3,4)/b11-10-;;. The molecule has 0 bridgehead atoms. The first kappa shape index (κ1) is 33.2. The lowest BCUT2D eigenvalue weighted by Gasteiger charge is -2.23. The molecule has 1 aliphatic heterocycles. The number of unbranched alkanes of at least 4 members (excludes halogenated alkanes) is 12. The van der Waals surface area contributed by atoms with Gasteiger partial charge in [-0.1, -0.05) is 76.9 Å². The van der Waals surface area contributed by atoms with Crippen LogP contribution in [0.25, 0.3) is 0 Å². The predicted molar refractivity (Wildman–Crippen MR) is 134 cm³/mol. The maximum absolute atomic E-state index is 9.70. The molecule has 192 valence electrons. The number of aliphatic hydroxyl groups excluding tert-OH is 1. The molecule has 8 nitrogen and oxygen atoms in total. The van der Waals surface area contributed by atoms with Crippen LogP contribution < -0.4 is 6.15 Å². The van der Waals surface area contributed by atoms with E-state index < -0.39 is 10.4 Å². The molecule has 0 spiro atoms. The fourth-order valence-corrected chi connectivity index (χ4v) is 3.66. The largest absolute Gasteiger partial charge is 0.394 e. The topological polar surface area (TPSA) is 145 Å². The Morgan fingerprint density at radius 3 is 1.81 bits per heavy atom. The average molecular weight is 480 g/mol. The Morgan fingerprint density at radius 2 is 1.34 bits per heavy atom. The quantitative estimate of drug-likeness (QED) is 0.114.